The van der Waals surface area contributed by atoms with Gasteiger partial charge in [0.15, 0.2) is 6.61 Å². The molecule has 0 bridgehead atoms. The van der Waals surface area contributed by atoms with E-state index < -0.39 is 0 Å². The summed E-state index contributed by atoms with van der Waals surface area (Å²) in [4.78, 5) is 41.8. The molecule has 4 N–H and O–H groups in total. The molecule has 0 saturated carbocycles. The second kappa shape index (κ2) is 14.0. The highest BCUT2D eigenvalue weighted by atomic mass is 16.5. The van der Waals surface area contributed by atoms with E-state index in [4.69, 9.17) is 15.2 Å². The van der Waals surface area contributed by atoms with Gasteiger partial charge in [0.2, 0.25) is 11.8 Å². The zero-order valence-corrected chi connectivity index (χ0v) is 23.4. The number of nitrogens with one attached hydrogen (secondary N) is 2. The number of aromatic amines is 1. The summed E-state index contributed by atoms with van der Waals surface area (Å²) in [6, 6.07) is 22.4. The Labute approximate surface area is 239 Å². The number of rotatable bonds is 14. The minimum Gasteiger partial charge on any atom is -0.496 e. The Morgan fingerprint density at radius 1 is 0.976 bits per heavy atom. The number of carbonyl (C=O) groups is 3. The van der Waals surface area contributed by atoms with Crippen molar-refractivity contribution in [2.75, 3.05) is 20.3 Å². The number of nitrogens with zero attached hydrogens (tertiary/aromatic N) is 1. The van der Waals surface area contributed by atoms with Gasteiger partial charge in [-0.05, 0) is 48.2 Å². The Morgan fingerprint density at radius 2 is 1.71 bits per heavy atom. The van der Waals surface area contributed by atoms with Crippen LogP contribution in [0, 0.1) is 0 Å². The summed E-state index contributed by atoms with van der Waals surface area (Å²) in [6.45, 7) is 1.99. The summed E-state index contributed by atoms with van der Waals surface area (Å²) in [7, 11) is 1.60. The number of amides is 3. The van der Waals surface area contributed by atoms with Crippen molar-refractivity contribution < 1.29 is 23.9 Å². The predicted octanol–water partition coefficient (Wildman–Crippen LogP) is 3.75. The van der Waals surface area contributed by atoms with Crippen molar-refractivity contribution in [3.8, 4) is 11.5 Å². The van der Waals surface area contributed by atoms with Crippen LogP contribution in [-0.4, -0.2) is 53.9 Å². The van der Waals surface area contributed by atoms with Crippen LogP contribution in [0.25, 0.3) is 10.9 Å². The van der Waals surface area contributed by atoms with Gasteiger partial charge < -0.3 is 30.4 Å². The summed E-state index contributed by atoms with van der Waals surface area (Å²) >= 11 is 0. The lowest BCUT2D eigenvalue weighted by Gasteiger charge is -2.28. The first kappa shape index (κ1) is 29.2. The number of para-hydroxylation sites is 2. The van der Waals surface area contributed by atoms with Crippen molar-refractivity contribution in [3.63, 3.8) is 0 Å². The van der Waals surface area contributed by atoms with Crippen LogP contribution in [0.4, 0.5) is 0 Å². The molecule has 9 nitrogen and oxygen atoms in total. The van der Waals surface area contributed by atoms with Gasteiger partial charge in [-0.2, -0.15) is 0 Å². The number of aromatic nitrogens is 1. The van der Waals surface area contributed by atoms with E-state index in [0.717, 1.165) is 27.6 Å². The molecule has 0 spiro atoms. The molecule has 214 valence electrons. The van der Waals surface area contributed by atoms with Crippen molar-refractivity contribution in [1.29, 1.82) is 0 Å². The van der Waals surface area contributed by atoms with Gasteiger partial charge in [0.25, 0.3) is 5.91 Å². The van der Waals surface area contributed by atoms with Gasteiger partial charge in [-0.3, -0.25) is 14.4 Å². The molecule has 1 unspecified atom stereocenters. The van der Waals surface area contributed by atoms with Crippen LogP contribution in [0.1, 0.15) is 30.0 Å². The maximum absolute atomic E-state index is 13.1. The highest BCUT2D eigenvalue weighted by Gasteiger charge is 2.22. The van der Waals surface area contributed by atoms with E-state index in [9.17, 15) is 14.4 Å². The molecule has 1 aromatic heterocycles. The fourth-order valence-electron chi connectivity index (χ4n) is 4.77. The lowest BCUT2D eigenvalue weighted by Crippen LogP contribution is -2.47. The Hall–Kier alpha value is -4.79. The number of carbonyl (C=O) groups excluding carboxylic acids is 3. The summed E-state index contributed by atoms with van der Waals surface area (Å²) in [5, 5.41) is 4.15. The minimum absolute atomic E-state index is 0.109. The van der Waals surface area contributed by atoms with Gasteiger partial charge >= 0.3 is 0 Å². The van der Waals surface area contributed by atoms with Gasteiger partial charge in [-0.1, -0.05) is 48.5 Å². The molecular weight excluding hydrogens is 520 g/mol. The lowest BCUT2D eigenvalue weighted by molar-refractivity contribution is -0.131. The largest absolute Gasteiger partial charge is 0.496 e. The second-order valence-corrected chi connectivity index (χ2v) is 9.94. The number of aryl methyl sites for hydroxylation is 1. The fraction of sp³-hybridized carbons (Fsp3) is 0.281. The molecule has 0 aliphatic carbocycles. The van der Waals surface area contributed by atoms with Crippen molar-refractivity contribution in [1.82, 2.24) is 15.2 Å². The number of fused-ring (bicyclic) bond motifs is 1. The number of nitrogens with two attached hydrogens (primary N) is 1. The molecule has 0 aliphatic rings. The van der Waals surface area contributed by atoms with E-state index in [2.05, 4.69) is 10.3 Å². The molecule has 41 heavy (non-hydrogen) atoms. The van der Waals surface area contributed by atoms with Crippen LogP contribution in [0.5, 0.6) is 11.5 Å². The van der Waals surface area contributed by atoms with E-state index in [0.29, 0.717) is 37.4 Å². The van der Waals surface area contributed by atoms with Crippen LogP contribution in [-0.2, 0) is 33.8 Å². The van der Waals surface area contributed by atoms with Crippen molar-refractivity contribution in [2.24, 2.45) is 5.73 Å². The SMILES string of the molecule is COc1ccccc1CN(CC(Cc1c[nH]c2ccccc12)NC(=O)COc1ccc(CCC(N)=O)cc1)C(C)=O. The van der Waals surface area contributed by atoms with E-state index in [1.165, 1.54) is 6.92 Å². The molecule has 1 heterocycles. The average molecular weight is 557 g/mol. The predicted molar refractivity (Wildman–Crippen MR) is 157 cm³/mol. The molecule has 0 saturated heterocycles. The summed E-state index contributed by atoms with van der Waals surface area (Å²) < 4.78 is 11.2. The molecule has 4 aromatic rings. The third kappa shape index (κ3) is 8.35. The van der Waals surface area contributed by atoms with Gasteiger partial charge in [0, 0.05) is 49.1 Å². The molecule has 0 radical (unpaired) electrons. The Bertz CT molecular complexity index is 1480. The molecule has 9 heteroatoms. The van der Waals surface area contributed by atoms with Crippen LogP contribution in [0.2, 0.25) is 0 Å². The first-order valence-corrected chi connectivity index (χ1v) is 13.5. The van der Waals surface area contributed by atoms with Crippen LogP contribution in [0.3, 0.4) is 0 Å². The van der Waals surface area contributed by atoms with Gasteiger partial charge in [-0.15, -0.1) is 0 Å². The molecular formula is C32H36N4O5. The highest BCUT2D eigenvalue weighted by Crippen LogP contribution is 2.22. The molecule has 3 aromatic carbocycles. The number of hydrogen-bond donors (Lipinski definition) is 3. The zero-order chi connectivity index (χ0) is 29.2. The van der Waals surface area contributed by atoms with Gasteiger partial charge in [0.05, 0.1) is 13.2 Å². The normalized spacial score (nSPS) is 11.6. The third-order valence-electron chi connectivity index (χ3n) is 6.90. The smallest absolute Gasteiger partial charge is 0.258 e. The minimum atomic E-state index is -0.375. The zero-order valence-electron chi connectivity index (χ0n) is 23.4. The number of primary amides is 1. The Kier molecular flexibility index (Phi) is 9.99. The second-order valence-electron chi connectivity index (χ2n) is 9.94. The number of ether oxygens (including phenoxy) is 2. The first-order chi connectivity index (χ1) is 19.8. The van der Waals surface area contributed by atoms with E-state index >= 15 is 0 Å². The summed E-state index contributed by atoms with van der Waals surface area (Å²) in [5.74, 6) is 0.480. The quantitative estimate of drug-likeness (QED) is 0.218. The standard InChI is InChI=1S/C32H36N4O5/c1-22(37)36(19-24-7-3-6-10-30(24)40-2)20-26(17-25-18-34-29-9-5-4-8-28(25)29)35-32(39)21-41-27-14-11-23(12-15-27)13-16-31(33)38/h3-12,14-15,18,26,34H,13,16-17,19-21H2,1-2H3,(H2,33,38)(H,35,39). The maximum atomic E-state index is 13.1. The lowest BCUT2D eigenvalue weighted by atomic mass is 10.0. The molecule has 0 fully saturated rings. The van der Waals surface area contributed by atoms with Crippen molar-refractivity contribution >= 4 is 28.6 Å². The highest BCUT2D eigenvalue weighted by molar-refractivity contribution is 5.83. The molecule has 1 atom stereocenters. The number of hydrogen-bond acceptors (Lipinski definition) is 5. The van der Waals surface area contributed by atoms with Crippen LogP contribution >= 0.6 is 0 Å². The fourth-order valence-corrected chi connectivity index (χ4v) is 4.77. The first-order valence-electron chi connectivity index (χ1n) is 13.5. The van der Waals surface area contributed by atoms with E-state index in [1.54, 1.807) is 24.1 Å². The van der Waals surface area contributed by atoms with Gasteiger partial charge in [0.1, 0.15) is 11.5 Å². The summed E-state index contributed by atoms with van der Waals surface area (Å²) in [5.41, 5.74) is 9.11. The van der Waals surface area contributed by atoms with Crippen LogP contribution < -0.4 is 20.5 Å². The Balaban J connectivity index is 1.46. The van der Waals surface area contributed by atoms with E-state index in [-0.39, 0.29) is 36.8 Å². The van der Waals surface area contributed by atoms with E-state index in [1.807, 2.05) is 66.9 Å². The molecule has 0 aliphatic heterocycles. The number of methoxy groups -OCH3 is 1. The monoisotopic (exact) mass is 556 g/mol. The van der Waals surface area contributed by atoms with Gasteiger partial charge in [-0.25, -0.2) is 0 Å². The summed E-state index contributed by atoms with van der Waals surface area (Å²) in [6.07, 6.45) is 3.28. The molecule has 3 amide bonds. The molecule has 4 rings (SSSR count). The third-order valence-corrected chi connectivity index (χ3v) is 6.90. The van der Waals surface area contributed by atoms with Crippen LogP contribution in [0.15, 0.2) is 79.0 Å². The average Bonchev–Trinajstić information content (AvgIpc) is 3.38. The van der Waals surface area contributed by atoms with Crippen molar-refractivity contribution in [2.45, 2.75) is 38.8 Å². The van der Waals surface area contributed by atoms with Crippen molar-refractivity contribution in [3.05, 3.63) is 95.7 Å². The number of H-pyrrole nitrogens is 1. The Morgan fingerprint density at radius 3 is 2.44 bits per heavy atom. The topological polar surface area (TPSA) is 127 Å². The maximum Gasteiger partial charge on any atom is 0.258 e. The number of benzene rings is 3.